The Labute approximate surface area is 185 Å². The maximum atomic E-state index is 13.3. The molecule has 0 unspecified atom stereocenters. The van der Waals surface area contributed by atoms with Crippen LogP contribution in [0, 0.1) is 6.92 Å². The zero-order valence-corrected chi connectivity index (χ0v) is 18.0. The van der Waals surface area contributed by atoms with E-state index in [4.69, 9.17) is 15.2 Å². The summed E-state index contributed by atoms with van der Waals surface area (Å²) in [6.45, 7) is 1.95. The van der Waals surface area contributed by atoms with Gasteiger partial charge >= 0.3 is 0 Å². The maximum absolute atomic E-state index is 13.3. The second kappa shape index (κ2) is 8.47. The summed E-state index contributed by atoms with van der Waals surface area (Å²) in [6, 6.07) is 17.6. The summed E-state index contributed by atoms with van der Waals surface area (Å²) < 4.78 is 12.2. The SMILES string of the molecule is COc1ccc(OC)c(NC(=O)c2c(N)c(C(=O)c3ccc(C)cc3)n3ccccc23)c1. The van der Waals surface area contributed by atoms with Gasteiger partial charge in [-0.2, -0.15) is 0 Å². The number of fused-ring (bicyclic) bond motifs is 1. The molecule has 0 saturated carbocycles. The first-order chi connectivity index (χ1) is 15.4. The molecule has 0 radical (unpaired) electrons. The molecule has 2 aromatic carbocycles. The van der Waals surface area contributed by atoms with Crippen molar-refractivity contribution < 1.29 is 19.1 Å². The standard InChI is InChI=1S/C25H23N3O4/c1-15-7-9-16(10-8-15)24(29)23-22(26)21(19-6-4-5-13-28(19)23)25(30)27-18-14-17(31-2)11-12-20(18)32-3/h4-14H,26H2,1-3H3,(H,27,30). The normalized spacial score (nSPS) is 10.7. The van der Waals surface area contributed by atoms with Crippen LogP contribution in [0.3, 0.4) is 0 Å². The molecule has 7 nitrogen and oxygen atoms in total. The number of carbonyl (C=O) groups is 2. The van der Waals surface area contributed by atoms with Gasteiger partial charge in [-0.05, 0) is 31.2 Å². The number of ketones is 1. The second-order valence-electron chi connectivity index (χ2n) is 7.31. The van der Waals surface area contributed by atoms with Crippen LogP contribution in [0.15, 0.2) is 66.9 Å². The summed E-state index contributed by atoms with van der Waals surface area (Å²) in [5.41, 5.74) is 9.47. The number of pyridine rings is 1. The van der Waals surface area contributed by atoms with Crippen molar-refractivity contribution in [3.05, 3.63) is 89.2 Å². The van der Waals surface area contributed by atoms with E-state index in [0.29, 0.717) is 28.3 Å². The van der Waals surface area contributed by atoms with Crippen molar-refractivity contribution in [1.82, 2.24) is 4.40 Å². The molecular formula is C25H23N3O4. The number of nitrogen functional groups attached to an aromatic ring is 1. The number of benzene rings is 2. The molecule has 2 heterocycles. The van der Waals surface area contributed by atoms with Crippen molar-refractivity contribution in [3.8, 4) is 11.5 Å². The molecular weight excluding hydrogens is 406 g/mol. The average Bonchev–Trinajstić information content (AvgIpc) is 3.10. The average molecular weight is 429 g/mol. The number of aryl methyl sites for hydroxylation is 1. The fraction of sp³-hybridized carbons (Fsp3) is 0.120. The molecule has 2 aromatic heterocycles. The smallest absolute Gasteiger partial charge is 0.260 e. The van der Waals surface area contributed by atoms with Crippen molar-refractivity contribution in [2.24, 2.45) is 0 Å². The Kier molecular flexibility index (Phi) is 5.55. The Morgan fingerprint density at radius 3 is 2.41 bits per heavy atom. The molecule has 0 fully saturated rings. The number of hydrogen-bond donors (Lipinski definition) is 2. The monoisotopic (exact) mass is 429 g/mol. The molecule has 0 atom stereocenters. The molecule has 32 heavy (non-hydrogen) atoms. The third kappa shape index (κ3) is 3.65. The molecule has 0 aliphatic rings. The summed E-state index contributed by atoms with van der Waals surface area (Å²) in [6.07, 6.45) is 1.72. The highest BCUT2D eigenvalue weighted by Gasteiger charge is 2.26. The highest BCUT2D eigenvalue weighted by atomic mass is 16.5. The Bertz CT molecular complexity index is 1320. The number of anilines is 2. The zero-order valence-electron chi connectivity index (χ0n) is 18.0. The number of amides is 1. The highest BCUT2D eigenvalue weighted by Crippen LogP contribution is 2.32. The molecule has 0 saturated heterocycles. The van der Waals surface area contributed by atoms with E-state index in [1.165, 1.54) is 14.2 Å². The Hall–Kier alpha value is -4.26. The van der Waals surface area contributed by atoms with Crippen molar-refractivity contribution in [2.75, 3.05) is 25.3 Å². The van der Waals surface area contributed by atoms with E-state index in [1.807, 2.05) is 19.1 Å². The fourth-order valence-corrected chi connectivity index (χ4v) is 3.64. The number of hydrogen-bond acceptors (Lipinski definition) is 5. The number of methoxy groups -OCH3 is 2. The van der Waals surface area contributed by atoms with Gasteiger partial charge in [0.05, 0.1) is 36.7 Å². The lowest BCUT2D eigenvalue weighted by molar-refractivity contribution is 0.102. The molecule has 3 N–H and O–H groups in total. The summed E-state index contributed by atoms with van der Waals surface area (Å²) in [7, 11) is 3.05. The number of carbonyl (C=O) groups excluding carboxylic acids is 2. The van der Waals surface area contributed by atoms with E-state index >= 15 is 0 Å². The van der Waals surface area contributed by atoms with E-state index in [0.717, 1.165) is 5.56 Å². The van der Waals surface area contributed by atoms with Gasteiger partial charge in [0.25, 0.3) is 5.91 Å². The quantitative estimate of drug-likeness (QED) is 0.445. The molecule has 1 amide bonds. The van der Waals surface area contributed by atoms with Crippen LogP contribution in [0.25, 0.3) is 5.52 Å². The van der Waals surface area contributed by atoms with Crippen molar-refractivity contribution >= 4 is 28.6 Å². The van der Waals surface area contributed by atoms with Crippen LogP contribution in [-0.2, 0) is 0 Å². The van der Waals surface area contributed by atoms with Gasteiger partial charge in [-0.1, -0.05) is 35.9 Å². The van der Waals surface area contributed by atoms with Gasteiger partial charge in [0.2, 0.25) is 5.78 Å². The van der Waals surface area contributed by atoms with E-state index < -0.39 is 5.91 Å². The van der Waals surface area contributed by atoms with Crippen LogP contribution < -0.4 is 20.5 Å². The van der Waals surface area contributed by atoms with Crippen LogP contribution in [0.2, 0.25) is 0 Å². The van der Waals surface area contributed by atoms with E-state index in [-0.39, 0.29) is 22.7 Å². The van der Waals surface area contributed by atoms with Crippen molar-refractivity contribution in [3.63, 3.8) is 0 Å². The number of nitrogens with two attached hydrogens (primary N) is 1. The highest BCUT2D eigenvalue weighted by molar-refractivity contribution is 6.20. The summed E-state index contributed by atoms with van der Waals surface area (Å²) in [5, 5.41) is 2.84. The first kappa shape index (κ1) is 21.0. The van der Waals surface area contributed by atoms with Gasteiger partial charge in [0.15, 0.2) is 0 Å². The van der Waals surface area contributed by atoms with E-state index in [1.54, 1.807) is 59.1 Å². The van der Waals surface area contributed by atoms with Crippen LogP contribution in [0.1, 0.15) is 32.0 Å². The van der Waals surface area contributed by atoms with Crippen molar-refractivity contribution in [1.29, 1.82) is 0 Å². The molecule has 7 heteroatoms. The predicted molar refractivity (Wildman–Crippen MR) is 124 cm³/mol. The number of rotatable bonds is 6. The van der Waals surface area contributed by atoms with Gasteiger partial charge in [0.1, 0.15) is 17.2 Å². The Morgan fingerprint density at radius 2 is 1.72 bits per heavy atom. The van der Waals surface area contributed by atoms with Gasteiger partial charge in [-0.25, -0.2) is 0 Å². The first-order valence-corrected chi connectivity index (χ1v) is 9.98. The minimum Gasteiger partial charge on any atom is -0.497 e. The van der Waals surface area contributed by atoms with Crippen LogP contribution in [0.5, 0.6) is 11.5 Å². The summed E-state index contributed by atoms with van der Waals surface area (Å²) in [4.78, 5) is 26.6. The molecule has 162 valence electrons. The van der Waals surface area contributed by atoms with Gasteiger partial charge in [0, 0.05) is 17.8 Å². The maximum Gasteiger partial charge on any atom is 0.260 e. The van der Waals surface area contributed by atoms with Crippen LogP contribution in [-0.4, -0.2) is 30.3 Å². The second-order valence-corrected chi connectivity index (χ2v) is 7.31. The predicted octanol–water partition coefficient (Wildman–Crippen LogP) is 4.33. The zero-order chi connectivity index (χ0) is 22.8. The van der Waals surface area contributed by atoms with E-state index in [2.05, 4.69) is 5.32 Å². The lowest BCUT2D eigenvalue weighted by atomic mass is 10.0. The number of nitrogens with zero attached hydrogens (tertiary/aromatic N) is 1. The molecule has 0 aliphatic heterocycles. The molecule has 0 aliphatic carbocycles. The van der Waals surface area contributed by atoms with E-state index in [9.17, 15) is 9.59 Å². The van der Waals surface area contributed by atoms with Gasteiger partial charge in [-0.3, -0.25) is 9.59 Å². The minimum absolute atomic E-state index is 0.112. The molecule has 0 bridgehead atoms. The number of aromatic nitrogens is 1. The first-order valence-electron chi connectivity index (χ1n) is 9.98. The lowest BCUT2D eigenvalue weighted by Crippen LogP contribution is -2.15. The summed E-state index contributed by atoms with van der Waals surface area (Å²) in [5.74, 6) is 0.311. The third-order valence-corrected chi connectivity index (χ3v) is 5.29. The Morgan fingerprint density at radius 1 is 0.969 bits per heavy atom. The van der Waals surface area contributed by atoms with Crippen LogP contribution in [0.4, 0.5) is 11.4 Å². The van der Waals surface area contributed by atoms with Crippen LogP contribution >= 0.6 is 0 Å². The molecule has 4 aromatic rings. The number of nitrogens with one attached hydrogen (secondary N) is 1. The van der Waals surface area contributed by atoms with Crippen molar-refractivity contribution in [2.45, 2.75) is 6.92 Å². The minimum atomic E-state index is -0.458. The van der Waals surface area contributed by atoms with Gasteiger partial charge in [-0.15, -0.1) is 0 Å². The van der Waals surface area contributed by atoms with Gasteiger partial charge < -0.3 is 24.9 Å². The topological polar surface area (TPSA) is 95.1 Å². The third-order valence-electron chi connectivity index (χ3n) is 5.29. The lowest BCUT2D eigenvalue weighted by Gasteiger charge is -2.12. The molecule has 4 rings (SSSR count). The molecule has 0 spiro atoms. The Balaban J connectivity index is 1.81. The number of ether oxygens (including phenoxy) is 2. The summed E-state index contributed by atoms with van der Waals surface area (Å²) >= 11 is 0. The largest absolute Gasteiger partial charge is 0.497 e. The fourth-order valence-electron chi connectivity index (χ4n) is 3.64.